The van der Waals surface area contributed by atoms with Gasteiger partial charge in [0.05, 0.1) is 12.8 Å². The van der Waals surface area contributed by atoms with Gasteiger partial charge >= 0.3 is 0 Å². The van der Waals surface area contributed by atoms with Crippen LogP contribution < -0.4 is 10.1 Å². The zero-order valence-corrected chi connectivity index (χ0v) is 16.7. The number of benzene rings is 1. The third-order valence-corrected chi connectivity index (χ3v) is 5.77. The topological polar surface area (TPSA) is 110 Å². The first kappa shape index (κ1) is 18.4. The van der Waals surface area contributed by atoms with Gasteiger partial charge in [-0.15, -0.1) is 5.10 Å². The number of fused-ring (bicyclic) bond motifs is 1. The largest absolute Gasteiger partial charge is 0.481 e. The molecule has 0 atom stereocenters. The molecule has 9 heteroatoms. The van der Waals surface area contributed by atoms with E-state index in [4.69, 9.17) is 4.74 Å². The predicted octanol–water partition coefficient (Wildman–Crippen LogP) is 2.82. The van der Waals surface area contributed by atoms with Gasteiger partial charge in [-0.2, -0.15) is 4.98 Å². The van der Waals surface area contributed by atoms with Crippen LogP contribution in [0.1, 0.15) is 23.1 Å². The number of aromatic nitrogens is 4. The van der Waals surface area contributed by atoms with Gasteiger partial charge in [-0.1, -0.05) is 6.07 Å². The van der Waals surface area contributed by atoms with Gasteiger partial charge < -0.3 is 10.1 Å². The number of ether oxygens (including phenoxy) is 1. The fourth-order valence-electron chi connectivity index (χ4n) is 3.66. The third-order valence-electron chi connectivity index (χ3n) is 4.88. The number of anilines is 2. The average molecular weight is 399 g/mol. The van der Waals surface area contributed by atoms with Gasteiger partial charge in [-0.25, -0.2) is 18.5 Å². The number of methoxy groups -OCH3 is 1. The molecule has 0 saturated carbocycles. The van der Waals surface area contributed by atoms with Crippen LogP contribution in [0.5, 0.6) is 5.88 Å². The molecule has 146 valence electrons. The van der Waals surface area contributed by atoms with Crippen LogP contribution in [0, 0.1) is 6.92 Å². The highest BCUT2D eigenvalue weighted by molar-refractivity contribution is 7.90. The molecule has 0 radical (unpaired) electrons. The van der Waals surface area contributed by atoms with Gasteiger partial charge in [-0.05, 0) is 54.5 Å². The summed E-state index contributed by atoms with van der Waals surface area (Å²) in [7, 11) is -1.87. The molecular weight excluding hydrogens is 378 g/mol. The first-order valence-corrected chi connectivity index (χ1v) is 10.8. The molecule has 2 N–H and O–H groups in total. The van der Waals surface area contributed by atoms with Gasteiger partial charge in [0, 0.05) is 24.1 Å². The van der Waals surface area contributed by atoms with Crippen molar-refractivity contribution in [1.29, 1.82) is 0 Å². The van der Waals surface area contributed by atoms with E-state index in [9.17, 15) is 8.42 Å². The van der Waals surface area contributed by atoms with Crippen LogP contribution in [-0.4, -0.2) is 41.9 Å². The van der Waals surface area contributed by atoms with E-state index in [1.54, 1.807) is 13.3 Å². The van der Waals surface area contributed by atoms with Crippen molar-refractivity contribution in [1.82, 2.24) is 20.2 Å². The Bertz CT molecular complexity index is 1150. The predicted molar refractivity (Wildman–Crippen MR) is 106 cm³/mol. The van der Waals surface area contributed by atoms with E-state index in [-0.39, 0.29) is 11.1 Å². The van der Waals surface area contributed by atoms with Crippen LogP contribution in [0.4, 0.5) is 11.6 Å². The highest BCUT2D eigenvalue weighted by Crippen LogP contribution is 2.41. The second-order valence-electron chi connectivity index (χ2n) is 6.88. The number of rotatable bonds is 5. The normalized spacial score (nSPS) is 13.4. The number of hydrogen-bond donors (Lipinski definition) is 2. The molecule has 1 aliphatic carbocycles. The number of hydrogen-bond acceptors (Lipinski definition) is 7. The first-order chi connectivity index (χ1) is 13.4. The maximum absolute atomic E-state index is 11.7. The van der Waals surface area contributed by atoms with Crippen molar-refractivity contribution in [3.63, 3.8) is 0 Å². The number of aromatic amines is 1. The van der Waals surface area contributed by atoms with Gasteiger partial charge in [-0.3, -0.25) is 0 Å². The lowest BCUT2D eigenvalue weighted by atomic mass is 9.93. The standard InChI is InChI=1S/C19H21N5O3S/c1-11-9-12-5-4-6-14(12)17(16(11)13-7-8-20-15(10-13)27-2)21-18-22-19(24-23-18)28(3,25)26/h7-10H,4-6H2,1-3H3,(H2,21,22,23,24). The molecular formula is C19H21N5O3S. The summed E-state index contributed by atoms with van der Waals surface area (Å²) in [5.41, 5.74) is 6.48. The van der Waals surface area contributed by atoms with Crippen LogP contribution in [0.25, 0.3) is 11.1 Å². The Morgan fingerprint density at radius 1 is 1.25 bits per heavy atom. The van der Waals surface area contributed by atoms with Crippen molar-refractivity contribution in [2.24, 2.45) is 0 Å². The maximum atomic E-state index is 11.7. The zero-order valence-electron chi connectivity index (χ0n) is 15.9. The average Bonchev–Trinajstić information content (AvgIpc) is 3.30. The fraction of sp³-hybridized carbons (Fsp3) is 0.316. The van der Waals surface area contributed by atoms with E-state index in [1.807, 2.05) is 12.1 Å². The van der Waals surface area contributed by atoms with Crippen molar-refractivity contribution < 1.29 is 13.2 Å². The Morgan fingerprint density at radius 2 is 2.07 bits per heavy atom. The summed E-state index contributed by atoms with van der Waals surface area (Å²) < 4.78 is 28.7. The number of nitrogens with one attached hydrogen (secondary N) is 2. The molecule has 8 nitrogen and oxygen atoms in total. The molecule has 0 bridgehead atoms. The van der Waals surface area contributed by atoms with Crippen molar-refractivity contribution >= 4 is 21.5 Å². The lowest BCUT2D eigenvalue weighted by Crippen LogP contribution is -2.03. The van der Waals surface area contributed by atoms with E-state index < -0.39 is 9.84 Å². The molecule has 1 aromatic carbocycles. The minimum absolute atomic E-state index is 0.161. The summed E-state index contributed by atoms with van der Waals surface area (Å²) in [6.07, 6.45) is 5.84. The third kappa shape index (κ3) is 3.33. The molecule has 2 aromatic heterocycles. The van der Waals surface area contributed by atoms with Crippen LogP contribution in [0.15, 0.2) is 29.6 Å². The van der Waals surface area contributed by atoms with Gasteiger partial charge in [0.25, 0.3) is 0 Å². The maximum Gasteiger partial charge on any atom is 0.247 e. The summed E-state index contributed by atoms with van der Waals surface area (Å²) in [4.78, 5) is 8.29. The molecule has 0 fully saturated rings. The molecule has 28 heavy (non-hydrogen) atoms. The van der Waals surface area contributed by atoms with Crippen LogP contribution in [-0.2, 0) is 22.7 Å². The van der Waals surface area contributed by atoms with Crippen molar-refractivity contribution in [2.45, 2.75) is 31.3 Å². The van der Waals surface area contributed by atoms with E-state index in [1.165, 1.54) is 11.1 Å². The monoisotopic (exact) mass is 399 g/mol. The second kappa shape index (κ2) is 6.90. The Hall–Kier alpha value is -2.94. The van der Waals surface area contributed by atoms with E-state index >= 15 is 0 Å². The Kier molecular flexibility index (Phi) is 4.54. The summed E-state index contributed by atoms with van der Waals surface area (Å²) in [5.74, 6) is 0.753. The molecule has 4 rings (SSSR count). The summed E-state index contributed by atoms with van der Waals surface area (Å²) in [6, 6.07) is 6.03. The number of H-pyrrole nitrogens is 1. The molecule has 3 aromatic rings. The lowest BCUT2D eigenvalue weighted by molar-refractivity contribution is 0.398. The van der Waals surface area contributed by atoms with Crippen LogP contribution in [0.3, 0.4) is 0 Å². The van der Waals surface area contributed by atoms with Crippen LogP contribution >= 0.6 is 0 Å². The van der Waals surface area contributed by atoms with Crippen molar-refractivity contribution in [2.75, 3.05) is 18.7 Å². The number of pyridine rings is 1. The number of sulfone groups is 1. The van der Waals surface area contributed by atoms with Gasteiger partial charge in [0.1, 0.15) is 0 Å². The van der Waals surface area contributed by atoms with E-state index in [0.717, 1.165) is 47.9 Å². The van der Waals surface area contributed by atoms with Gasteiger partial charge in [0.15, 0.2) is 0 Å². The minimum atomic E-state index is -3.46. The van der Waals surface area contributed by atoms with Crippen LogP contribution in [0.2, 0.25) is 0 Å². The SMILES string of the molecule is COc1cc(-c2c(C)cc3c(c2Nc2n[nH]c(S(C)(=O)=O)n2)CCC3)ccn1. The Morgan fingerprint density at radius 3 is 2.79 bits per heavy atom. The van der Waals surface area contributed by atoms with Crippen molar-refractivity contribution in [3.05, 3.63) is 41.1 Å². The number of nitrogens with zero attached hydrogens (tertiary/aromatic N) is 3. The Labute approximate surface area is 163 Å². The van der Waals surface area contributed by atoms with E-state index in [0.29, 0.717) is 5.88 Å². The summed E-state index contributed by atoms with van der Waals surface area (Å²) >= 11 is 0. The van der Waals surface area contributed by atoms with Gasteiger partial charge in [0.2, 0.25) is 26.8 Å². The molecule has 1 aliphatic rings. The molecule has 0 amide bonds. The first-order valence-electron chi connectivity index (χ1n) is 8.92. The highest BCUT2D eigenvalue weighted by Gasteiger charge is 2.23. The quantitative estimate of drug-likeness (QED) is 0.679. The minimum Gasteiger partial charge on any atom is -0.481 e. The summed E-state index contributed by atoms with van der Waals surface area (Å²) in [5, 5.41) is 9.62. The van der Waals surface area contributed by atoms with Crippen molar-refractivity contribution in [3.8, 4) is 17.0 Å². The molecule has 0 saturated heterocycles. The second-order valence-corrected chi connectivity index (χ2v) is 8.81. The highest BCUT2D eigenvalue weighted by atomic mass is 32.2. The molecule has 0 unspecified atom stereocenters. The smallest absolute Gasteiger partial charge is 0.247 e. The zero-order chi connectivity index (χ0) is 19.9. The number of aryl methyl sites for hydroxylation is 2. The molecule has 2 heterocycles. The fourth-order valence-corrected chi connectivity index (χ4v) is 4.12. The van der Waals surface area contributed by atoms with E-state index in [2.05, 4.69) is 38.5 Å². The molecule has 0 aliphatic heterocycles. The Balaban J connectivity index is 1.86. The summed E-state index contributed by atoms with van der Waals surface area (Å²) in [6.45, 7) is 2.06. The lowest BCUT2D eigenvalue weighted by Gasteiger charge is -2.18. The molecule has 0 spiro atoms.